The predicted octanol–water partition coefficient (Wildman–Crippen LogP) is 2.90. The molecule has 1 aromatic rings. The molecule has 0 aliphatic heterocycles. The number of aryl methyl sites for hydroxylation is 1. The fraction of sp³-hybridized carbons (Fsp3) is 0.556. The molecule has 0 bridgehead atoms. The Hall–Kier alpha value is -2.04. The highest BCUT2D eigenvalue weighted by Gasteiger charge is 2.27. The van der Waals surface area contributed by atoms with Gasteiger partial charge in [-0.15, -0.1) is 0 Å². The average Bonchev–Trinajstić information content (AvgIpc) is 2.56. The van der Waals surface area contributed by atoms with Crippen LogP contribution < -0.4 is 5.32 Å². The third-order valence-electron chi connectivity index (χ3n) is 4.55. The molecule has 2 rings (SSSR count). The van der Waals surface area contributed by atoms with Gasteiger partial charge < -0.3 is 15.3 Å². The fourth-order valence-electron chi connectivity index (χ4n) is 3.04. The molecule has 0 heterocycles. The summed E-state index contributed by atoms with van der Waals surface area (Å²) in [6, 6.07) is 10.3. The monoisotopic (exact) mass is 318 g/mol. The highest BCUT2D eigenvalue weighted by Crippen LogP contribution is 2.24. The standard InChI is InChI=1S/C18H26N2O3/c1-20(13-5-8-14-6-3-2-4-7-14)18(23)19-16-11-9-15(10-12-16)17(21)22/h2-4,6-7,15-16H,5,8-13H2,1H3,(H,19,23)(H,21,22). The van der Waals surface area contributed by atoms with Gasteiger partial charge in [-0.1, -0.05) is 30.3 Å². The summed E-state index contributed by atoms with van der Waals surface area (Å²) in [6.45, 7) is 0.713. The molecule has 5 nitrogen and oxygen atoms in total. The largest absolute Gasteiger partial charge is 0.481 e. The highest BCUT2D eigenvalue weighted by atomic mass is 16.4. The first kappa shape index (κ1) is 17.3. The van der Waals surface area contributed by atoms with Gasteiger partial charge in [0.1, 0.15) is 0 Å². The molecular formula is C18H26N2O3. The van der Waals surface area contributed by atoms with E-state index in [0.29, 0.717) is 19.4 Å². The van der Waals surface area contributed by atoms with Gasteiger partial charge in [-0.25, -0.2) is 4.79 Å². The maximum Gasteiger partial charge on any atom is 0.317 e. The molecule has 1 aliphatic rings. The number of amides is 2. The van der Waals surface area contributed by atoms with Gasteiger partial charge in [0.2, 0.25) is 0 Å². The molecule has 1 aromatic carbocycles. The number of benzene rings is 1. The lowest BCUT2D eigenvalue weighted by molar-refractivity contribution is -0.142. The van der Waals surface area contributed by atoms with E-state index in [9.17, 15) is 9.59 Å². The fourth-order valence-corrected chi connectivity index (χ4v) is 3.04. The van der Waals surface area contributed by atoms with E-state index >= 15 is 0 Å². The predicted molar refractivity (Wildman–Crippen MR) is 89.3 cm³/mol. The molecule has 0 unspecified atom stereocenters. The van der Waals surface area contributed by atoms with Crippen LogP contribution in [0.3, 0.4) is 0 Å². The van der Waals surface area contributed by atoms with Gasteiger partial charge in [0, 0.05) is 19.6 Å². The van der Waals surface area contributed by atoms with Crippen molar-refractivity contribution >= 4 is 12.0 Å². The molecule has 1 aliphatic carbocycles. The molecule has 1 saturated carbocycles. The summed E-state index contributed by atoms with van der Waals surface area (Å²) in [4.78, 5) is 24.8. The van der Waals surface area contributed by atoms with E-state index in [1.807, 2.05) is 25.2 Å². The summed E-state index contributed by atoms with van der Waals surface area (Å²) < 4.78 is 0. The first-order valence-electron chi connectivity index (χ1n) is 8.34. The van der Waals surface area contributed by atoms with Crippen molar-refractivity contribution in [3.8, 4) is 0 Å². The zero-order chi connectivity index (χ0) is 16.7. The van der Waals surface area contributed by atoms with Crippen molar-refractivity contribution in [3.63, 3.8) is 0 Å². The molecule has 126 valence electrons. The summed E-state index contributed by atoms with van der Waals surface area (Å²) in [5.74, 6) is -0.959. The summed E-state index contributed by atoms with van der Waals surface area (Å²) >= 11 is 0. The van der Waals surface area contributed by atoms with Crippen LogP contribution in [0.25, 0.3) is 0 Å². The Kier molecular flexibility index (Phi) is 6.44. The van der Waals surface area contributed by atoms with Crippen LogP contribution in [0.15, 0.2) is 30.3 Å². The van der Waals surface area contributed by atoms with Crippen molar-refractivity contribution in [2.24, 2.45) is 5.92 Å². The summed E-state index contributed by atoms with van der Waals surface area (Å²) in [6.07, 6.45) is 4.69. The van der Waals surface area contributed by atoms with E-state index in [2.05, 4.69) is 17.4 Å². The van der Waals surface area contributed by atoms with E-state index < -0.39 is 5.97 Å². The van der Waals surface area contributed by atoms with Crippen LogP contribution >= 0.6 is 0 Å². The number of rotatable bonds is 6. The molecule has 1 fully saturated rings. The summed E-state index contributed by atoms with van der Waals surface area (Å²) in [5, 5.41) is 12.0. The van der Waals surface area contributed by atoms with E-state index in [1.54, 1.807) is 4.90 Å². The quantitative estimate of drug-likeness (QED) is 0.847. The third-order valence-corrected chi connectivity index (χ3v) is 4.55. The molecule has 0 aromatic heterocycles. The number of hydrogen-bond donors (Lipinski definition) is 2. The van der Waals surface area contributed by atoms with Crippen LogP contribution in [0.4, 0.5) is 4.79 Å². The van der Waals surface area contributed by atoms with Crippen molar-refractivity contribution < 1.29 is 14.7 Å². The van der Waals surface area contributed by atoms with Crippen LogP contribution in [0, 0.1) is 5.92 Å². The maximum atomic E-state index is 12.2. The van der Waals surface area contributed by atoms with Crippen LogP contribution in [0.5, 0.6) is 0 Å². The van der Waals surface area contributed by atoms with Crippen molar-refractivity contribution in [3.05, 3.63) is 35.9 Å². The lowest BCUT2D eigenvalue weighted by Gasteiger charge is -2.28. The molecule has 2 amide bonds. The Balaban J connectivity index is 1.66. The molecule has 0 saturated heterocycles. The Bertz CT molecular complexity index is 510. The minimum absolute atomic E-state index is 0.0585. The third kappa shape index (κ3) is 5.58. The highest BCUT2D eigenvalue weighted by molar-refractivity contribution is 5.74. The summed E-state index contributed by atoms with van der Waals surface area (Å²) in [5.41, 5.74) is 1.29. The Morgan fingerprint density at radius 1 is 1.17 bits per heavy atom. The number of hydrogen-bond acceptors (Lipinski definition) is 2. The smallest absolute Gasteiger partial charge is 0.317 e. The van der Waals surface area contributed by atoms with Crippen LogP contribution in [-0.2, 0) is 11.2 Å². The summed E-state index contributed by atoms with van der Waals surface area (Å²) in [7, 11) is 1.81. The Labute approximate surface area is 137 Å². The van der Waals surface area contributed by atoms with Crippen LogP contribution in [0.1, 0.15) is 37.7 Å². The molecule has 0 atom stereocenters. The van der Waals surface area contributed by atoms with E-state index in [4.69, 9.17) is 5.11 Å². The number of aliphatic carboxylic acids is 1. The number of carboxylic acid groups (broad SMARTS) is 1. The molecule has 0 spiro atoms. The number of carbonyl (C=O) groups is 2. The second-order valence-corrected chi connectivity index (χ2v) is 6.35. The zero-order valence-corrected chi connectivity index (χ0v) is 13.7. The molecule has 5 heteroatoms. The first-order chi connectivity index (χ1) is 11.1. The maximum absolute atomic E-state index is 12.2. The van der Waals surface area contributed by atoms with Crippen molar-refractivity contribution in [1.82, 2.24) is 10.2 Å². The van der Waals surface area contributed by atoms with Crippen LogP contribution in [0.2, 0.25) is 0 Å². The number of nitrogens with one attached hydrogen (secondary N) is 1. The number of carbonyl (C=O) groups excluding carboxylic acids is 1. The Morgan fingerprint density at radius 3 is 2.43 bits per heavy atom. The number of carboxylic acids is 1. The normalized spacial score (nSPS) is 20.7. The van der Waals surface area contributed by atoms with Crippen molar-refractivity contribution in [2.45, 2.75) is 44.6 Å². The first-order valence-corrected chi connectivity index (χ1v) is 8.34. The minimum Gasteiger partial charge on any atom is -0.481 e. The number of urea groups is 1. The van der Waals surface area contributed by atoms with Gasteiger partial charge in [-0.2, -0.15) is 0 Å². The lowest BCUT2D eigenvalue weighted by atomic mass is 9.86. The van der Waals surface area contributed by atoms with Crippen molar-refractivity contribution in [1.29, 1.82) is 0 Å². The Morgan fingerprint density at radius 2 is 1.83 bits per heavy atom. The van der Waals surface area contributed by atoms with E-state index in [1.165, 1.54) is 5.56 Å². The second kappa shape index (κ2) is 8.56. The van der Waals surface area contributed by atoms with Gasteiger partial charge in [0.15, 0.2) is 0 Å². The lowest BCUT2D eigenvalue weighted by Crippen LogP contribution is -2.45. The average molecular weight is 318 g/mol. The topological polar surface area (TPSA) is 69.6 Å². The van der Waals surface area contributed by atoms with Gasteiger partial charge in [0.05, 0.1) is 5.92 Å². The van der Waals surface area contributed by atoms with Gasteiger partial charge in [-0.05, 0) is 44.1 Å². The van der Waals surface area contributed by atoms with Crippen LogP contribution in [-0.4, -0.2) is 41.6 Å². The number of nitrogens with zero attached hydrogens (tertiary/aromatic N) is 1. The molecular weight excluding hydrogens is 292 g/mol. The molecule has 23 heavy (non-hydrogen) atoms. The second-order valence-electron chi connectivity index (χ2n) is 6.35. The van der Waals surface area contributed by atoms with E-state index in [0.717, 1.165) is 25.7 Å². The zero-order valence-electron chi connectivity index (χ0n) is 13.7. The van der Waals surface area contributed by atoms with Gasteiger partial charge in [0.25, 0.3) is 0 Å². The van der Waals surface area contributed by atoms with Crippen molar-refractivity contribution in [2.75, 3.05) is 13.6 Å². The SMILES string of the molecule is CN(CCCc1ccccc1)C(=O)NC1CCC(C(=O)O)CC1. The molecule has 0 radical (unpaired) electrons. The van der Waals surface area contributed by atoms with Gasteiger partial charge >= 0.3 is 12.0 Å². The molecule has 2 N–H and O–H groups in total. The van der Waals surface area contributed by atoms with Gasteiger partial charge in [-0.3, -0.25) is 4.79 Å². The minimum atomic E-state index is -0.715. The van der Waals surface area contributed by atoms with E-state index in [-0.39, 0.29) is 18.0 Å².